The lowest BCUT2D eigenvalue weighted by atomic mass is 10.0. The topological polar surface area (TPSA) is 9.23 Å². The second kappa shape index (κ2) is 4.52. The molecule has 0 saturated carbocycles. The van der Waals surface area contributed by atoms with Crippen LogP contribution in [-0.4, -0.2) is 6.61 Å². The van der Waals surface area contributed by atoms with Gasteiger partial charge in [-0.05, 0) is 30.5 Å². The molecular weight excluding hydrogens is 184 g/mol. The van der Waals surface area contributed by atoms with E-state index in [9.17, 15) is 0 Å². The molecule has 0 aliphatic carbocycles. The van der Waals surface area contributed by atoms with Crippen LogP contribution >= 0.6 is 11.6 Å². The van der Waals surface area contributed by atoms with Gasteiger partial charge in [-0.2, -0.15) is 0 Å². The molecule has 0 fully saturated rings. The van der Waals surface area contributed by atoms with Gasteiger partial charge in [-0.15, -0.1) is 0 Å². The van der Waals surface area contributed by atoms with Crippen molar-refractivity contribution in [1.82, 2.24) is 0 Å². The number of hydrogen-bond acceptors (Lipinski definition) is 1. The largest absolute Gasteiger partial charge is 0.494 e. The third-order valence-corrected chi connectivity index (χ3v) is 2.13. The Morgan fingerprint density at radius 2 is 2.08 bits per heavy atom. The molecule has 0 bridgehead atoms. The van der Waals surface area contributed by atoms with Gasteiger partial charge in [0.05, 0.1) is 6.61 Å². The summed E-state index contributed by atoms with van der Waals surface area (Å²) in [4.78, 5) is 0. The fourth-order valence-corrected chi connectivity index (χ4v) is 1.43. The van der Waals surface area contributed by atoms with E-state index in [4.69, 9.17) is 16.3 Å². The fourth-order valence-electron chi connectivity index (χ4n) is 1.27. The van der Waals surface area contributed by atoms with Gasteiger partial charge in [-0.1, -0.05) is 31.5 Å². The van der Waals surface area contributed by atoms with Gasteiger partial charge in [0.15, 0.2) is 0 Å². The van der Waals surface area contributed by atoms with Crippen molar-refractivity contribution in [2.75, 3.05) is 6.61 Å². The van der Waals surface area contributed by atoms with Crippen molar-refractivity contribution >= 4 is 11.6 Å². The van der Waals surface area contributed by atoms with Crippen molar-refractivity contribution in [1.29, 1.82) is 0 Å². The Kier molecular flexibility index (Phi) is 3.61. The van der Waals surface area contributed by atoms with E-state index in [1.807, 2.05) is 25.1 Å². The summed E-state index contributed by atoms with van der Waals surface area (Å²) in [6, 6.07) is 5.80. The van der Waals surface area contributed by atoms with Gasteiger partial charge in [0.2, 0.25) is 0 Å². The van der Waals surface area contributed by atoms with Gasteiger partial charge < -0.3 is 4.74 Å². The van der Waals surface area contributed by atoms with Gasteiger partial charge in [0.1, 0.15) is 5.75 Å². The molecule has 0 unspecified atom stereocenters. The van der Waals surface area contributed by atoms with Crippen LogP contribution in [0, 0.1) is 0 Å². The van der Waals surface area contributed by atoms with Crippen LogP contribution in [0.15, 0.2) is 18.2 Å². The van der Waals surface area contributed by atoms with Crippen LogP contribution in [0.5, 0.6) is 5.75 Å². The number of benzene rings is 1. The maximum absolute atomic E-state index is 5.88. The summed E-state index contributed by atoms with van der Waals surface area (Å²) in [5.74, 6) is 1.38. The summed E-state index contributed by atoms with van der Waals surface area (Å²) in [6.45, 7) is 6.95. The highest BCUT2D eigenvalue weighted by atomic mass is 35.5. The Balaban J connectivity index is 3.03. The molecule has 0 N–H and O–H groups in total. The van der Waals surface area contributed by atoms with Gasteiger partial charge in [0.25, 0.3) is 0 Å². The summed E-state index contributed by atoms with van der Waals surface area (Å²) in [5, 5.41) is 0.729. The number of rotatable bonds is 3. The van der Waals surface area contributed by atoms with E-state index >= 15 is 0 Å². The smallest absolute Gasteiger partial charge is 0.124 e. The molecule has 2 heteroatoms. The average molecular weight is 199 g/mol. The Morgan fingerprint density at radius 1 is 1.38 bits per heavy atom. The summed E-state index contributed by atoms with van der Waals surface area (Å²) < 4.78 is 5.49. The van der Waals surface area contributed by atoms with Gasteiger partial charge in [-0.25, -0.2) is 0 Å². The van der Waals surface area contributed by atoms with E-state index in [0.29, 0.717) is 12.5 Å². The van der Waals surface area contributed by atoms with E-state index in [2.05, 4.69) is 13.8 Å². The SMILES string of the molecule is CCOc1cc(Cl)ccc1C(C)C. The Labute approximate surface area is 84.7 Å². The Bertz CT molecular complexity index is 281. The maximum atomic E-state index is 5.88. The molecule has 13 heavy (non-hydrogen) atoms. The molecule has 0 heterocycles. The highest BCUT2D eigenvalue weighted by molar-refractivity contribution is 6.30. The first-order valence-corrected chi connectivity index (χ1v) is 4.95. The molecule has 1 nitrogen and oxygen atoms in total. The quantitative estimate of drug-likeness (QED) is 0.717. The molecule has 0 aliphatic heterocycles. The lowest BCUT2D eigenvalue weighted by Gasteiger charge is -2.12. The molecule has 0 atom stereocenters. The number of hydrogen-bond donors (Lipinski definition) is 0. The number of ether oxygens (including phenoxy) is 1. The zero-order valence-corrected chi connectivity index (χ0v) is 9.06. The Hall–Kier alpha value is -0.690. The fraction of sp³-hybridized carbons (Fsp3) is 0.455. The minimum Gasteiger partial charge on any atom is -0.494 e. The van der Waals surface area contributed by atoms with Crippen LogP contribution in [0.4, 0.5) is 0 Å². The molecule has 0 radical (unpaired) electrons. The highest BCUT2D eigenvalue weighted by Gasteiger charge is 2.07. The van der Waals surface area contributed by atoms with Gasteiger partial charge in [0, 0.05) is 5.02 Å². The molecular formula is C11H15ClO. The normalized spacial score (nSPS) is 10.5. The molecule has 1 aromatic carbocycles. The van der Waals surface area contributed by atoms with E-state index in [1.54, 1.807) is 0 Å². The minimum atomic E-state index is 0.471. The van der Waals surface area contributed by atoms with E-state index < -0.39 is 0 Å². The zero-order chi connectivity index (χ0) is 9.84. The average Bonchev–Trinajstić information content (AvgIpc) is 2.04. The molecule has 1 aromatic rings. The molecule has 0 aliphatic rings. The molecule has 1 rings (SSSR count). The maximum Gasteiger partial charge on any atom is 0.124 e. The third kappa shape index (κ3) is 2.63. The monoisotopic (exact) mass is 198 g/mol. The van der Waals surface area contributed by atoms with Crippen LogP contribution in [0.25, 0.3) is 0 Å². The zero-order valence-electron chi connectivity index (χ0n) is 8.30. The lowest BCUT2D eigenvalue weighted by Crippen LogP contribution is -1.97. The second-order valence-electron chi connectivity index (χ2n) is 3.27. The lowest BCUT2D eigenvalue weighted by molar-refractivity contribution is 0.335. The molecule has 0 saturated heterocycles. The predicted molar refractivity (Wildman–Crippen MR) is 56.7 cm³/mol. The Morgan fingerprint density at radius 3 is 2.62 bits per heavy atom. The molecule has 0 aromatic heterocycles. The van der Waals surface area contributed by atoms with Crippen LogP contribution in [0.3, 0.4) is 0 Å². The van der Waals surface area contributed by atoms with Crippen molar-refractivity contribution in [2.45, 2.75) is 26.7 Å². The van der Waals surface area contributed by atoms with E-state index in [-0.39, 0.29) is 0 Å². The standard InChI is InChI=1S/C11H15ClO/c1-4-13-11-7-9(12)5-6-10(11)8(2)3/h5-8H,4H2,1-3H3. The van der Waals surface area contributed by atoms with Crippen molar-refractivity contribution in [2.24, 2.45) is 0 Å². The van der Waals surface area contributed by atoms with Crippen molar-refractivity contribution in [3.05, 3.63) is 28.8 Å². The summed E-state index contributed by atoms with van der Waals surface area (Å²) in [7, 11) is 0. The summed E-state index contributed by atoms with van der Waals surface area (Å²) in [6.07, 6.45) is 0. The van der Waals surface area contributed by atoms with Crippen LogP contribution < -0.4 is 4.74 Å². The van der Waals surface area contributed by atoms with E-state index in [0.717, 1.165) is 10.8 Å². The first-order valence-electron chi connectivity index (χ1n) is 4.57. The second-order valence-corrected chi connectivity index (χ2v) is 3.71. The van der Waals surface area contributed by atoms with Crippen LogP contribution in [0.1, 0.15) is 32.3 Å². The molecule has 0 spiro atoms. The number of halogens is 1. The van der Waals surface area contributed by atoms with Gasteiger partial charge in [-0.3, -0.25) is 0 Å². The molecule has 0 amide bonds. The first kappa shape index (κ1) is 10.4. The predicted octanol–water partition coefficient (Wildman–Crippen LogP) is 3.86. The molecule has 72 valence electrons. The van der Waals surface area contributed by atoms with E-state index in [1.165, 1.54) is 5.56 Å². The minimum absolute atomic E-state index is 0.471. The van der Waals surface area contributed by atoms with Crippen LogP contribution in [-0.2, 0) is 0 Å². The van der Waals surface area contributed by atoms with Crippen molar-refractivity contribution in [3.63, 3.8) is 0 Å². The van der Waals surface area contributed by atoms with Crippen molar-refractivity contribution in [3.8, 4) is 5.75 Å². The van der Waals surface area contributed by atoms with Crippen LogP contribution in [0.2, 0.25) is 5.02 Å². The summed E-state index contributed by atoms with van der Waals surface area (Å²) in [5.41, 5.74) is 1.21. The third-order valence-electron chi connectivity index (χ3n) is 1.90. The highest BCUT2D eigenvalue weighted by Crippen LogP contribution is 2.29. The van der Waals surface area contributed by atoms with Gasteiger partial charge >= 0.3 is 0 Å². The van der Waals surface area contributed by atoms with Crippen molar-refractivity contribution < 1.29 is 4.74 Å². The first-order chi connectivity index (χ1) is 6.15. The summed E-state index contributed by atoms with van der Waals surface area (Å²) >= 11 is 5.88.